The lowest BCUT2D eigenvalue weighted by Gasteiger charge is -2.15. The van der Waals surface area contributed by atoms with E-state index in [0.717, 1.165) is 31.1 Å². The molecule has 20 heavy (non-hydrogen) atoms. The summed E-state index contributed by atoms with van der Waals surface area (Å²) in [5.74, 6) is 0. The number of carbonyl (C=O) groups is 1. The fourth-order valence-corrected chi connectivity index (χ4v) is 3.87. The van der Waals surface area contributed by atoms with Gasteiger partial charge in [-0.3, -0.25) is 0 Å². The molecule has 106 valence electrons. The van der Waals surface area contributed by atoms with Crippen LogP contribution in [0.2, 0.25) is 0 Å². The number of aromatic nitrogens is 2. The summed E-state index contributed by atoms with van der Waals surface area (Å²) < 4.78 is 4.69. The first-order valence-electron chi connectivity index (χ1n) is 5.97. The third-order valence-electron chi connectivity index (χ3n) is 3.49. The average molecular weight is 468 g/mol. The molecule has 1 aliphatic heterocycles. The van der Waals surface area contributed by atoms with Crippen molar-refractivity contribution in [2.75, 3.05) is 13.1 Å². The van der Waals surface area contributed by atoms with Crippen LogP contribution in [-0.4, -0.2) is 38.7 Å². The summed E-state index contributed by atoms with van der Waals surface area (Å²) in [6, 6.07) is 4.06. The standard InChI is InChI=1S/C12H10Br3N3O2/c13-7-3-9-10(4-8(7)14)18(11(15)16-9)6-1-2-17(5-6)12(19)20/h3-4,6H,1-2,5H2,(H,19,20)/t6-/m0/s1. The van der Waals surface area contributed by atoms with Gasteiger partial charge in [-0.05, 0) is 66.3 Å². The lowest BCUT2D eigenvalue weighted by atomic mass is 10.2. The molecule has 1 amide bonds. The highest BCUT2D eigenvalue weighted by atomic mass is 79.9. The first-order valence-corrected chi connectivity index (χ1v) is 8.35. The lowest BCUT2D eigenvalue weighted by molar-refractivity contribution is 0.154. The van der Waals surface area contributed by atoms with Crippen LogP contribution in [0, 0.1) is 0 Å². The molecule has 1 aromatic heterocycles. The van der Waals surface area contributed by atoms with Gasteiger partial charge in [-0.1, -0.05) is 0 Å². The number of benzene rings is 1. The molecule has 1 N–H and O–H groups in total. The van der Waals surface area contributed by atoms with Crippen molar-refractivity contribution in [1.82, 2.24) is 14.5 Å². The third kappa shape index (κ3) is 2.37. The van der Waals surface area contributed by atoms with E-state index in [2.05, 4.69) is 57.3 Å². The second-order valence-corrected chi connectivity index (χ2v) is 7.09. The van der Waals surface area contributed by atoms with Crippen LogP contribution in [0.25, 0.3) is 11.0 Å². The Labute approximate surface area is 140 Å². The normalized spacial score (nSPS) is 18.9. The van der Waals surface area contributed by atoms with Crippen molar-refractivity contribution in [2.45, 2.75) is 12.5 Å². The first-order chi connectivity index (χ1) is 9.47. The highest BCUT2D eigenvalue weighted by Gasteiger charge is 2.29. The Balaban J connectivity index is 2.06. The fraction of sp³-hybridized carbons (Fsp3) is 0.333. The second kappa shape index (κ2) is 5.31. The van der Waals surface area contributed by atoms with Crippen LogP contribution in [0.15, 0.2) is 25.8 Å². The van der Waals surface area contributed by atoms with Crippen LogP contribution in [0.1, 0.15) is 12.5 Å². The van der Waals surface area contributed by atoms with Crippen LogP contribution in [0.5, 0.6) is 0 Å². The fourth-order valence-electron chi connectivity index (χ4n) is 2.53. The Morgan fingerprint density at radius 1 is 1.30 bits per heavy atom. The van der Waals surface area contributed by atoms with Gasteiger partial charge in [0.05, 0.1) is 17.1 Å². The number of halogens is 3. The zero-order valence-electron chi connectivity index (χ0n) is 10.2. The van der Waals surface area contributed by atoms with Crippen LogP contribution in [0.3, 0.4) is 0 Å². The lowest BCUT2D eigenvalue weighted by Crippen LogP contribution is -2.27. The average Bonchev–Trinajstić information content (AvgIpc) is 2.94. The minimum absolute atomic E-state index is 0.110. The van der Waals surface area contributed by atoms with E-state index in [0.29, 0.717) is 13.1 Å². The number of hydrogen-bond donors (Lipinski definition) is 1. The molecule has 0 radical (unpaired) electrons. The number of imidazole rings is 1. The van der Waals surface area contributed by atoms with E-state index in [1.807, 2.05) is 12.1 Å². The highest BCUT2D eigenvalue weighted by molar-refractivity contribution is 9.13. The van der Waals surface area contributed by atoms with Gasteiger partial charge in [0.15, 0.2) is 4.73 Å². The Bertz CT molecular complexity index is 701. The van der Waals surface area contributed by atoms with Gasteiger partial charge >= 0.3 is 6.09 Å². The molecule has 0 spiro atoms. The summed E-state index contributed by atoms with van der Waals surface area (Å²) in [5.41, 5.74) is 1.87. The molecule has 1 aromatic carbocycles. The molecule has 0 bridgehead atoms. The maximum absolute atomic E-state index is 11.0. The minimum Gasteiger partial charge on any atom is -0.465 e. The van der Waals surface area contributed by atoms with Crippen molar-refractivity contribution in [2.24, 2.45) is 0 Å². The molecule has 0 unspecified atom stereocenters. The Morgan fingerprint density at radius 3 is 2.65 bits per heavy atom. The summed E-state index contributed by atoms with van der Waals surface area (Å²) in [6.45, 7) is 1.05. The maximum Gasteiger partial charge on any atom is 0.407 e. The number of likely N-dealkylation sites (tertiary alicyclic amines) is 1. The molecule has 3 rings (SSSR count). The van der Waals surface area contributed by atoms with Crippen LogP contribution in [-0.2, 0) is 0 Å². The molecular formula is C12H10Br3N3O2. The molecule has 5 nitrogen and oxygen atoms in total. The van der Waals surface area contributed by atoms with E-state index >= 15 is 0 Å². The van der Waals surface area contributed by atoms with E-state index in [1.54, 1.807) is 0 Å². The van der Waals surface area contributed by atoms with Crippen molar-refractivity contribution in [3.05, 3.63) is 25.8 Å². The largest absolute Gasteiger partial charge is 0.465 e. The molecule has 1 aliphatic rings. The van der Waals surface area contributed by atoms with Crippen LogP contribution >= 0.6 is 47.8 Å². The summed E-state index contributed by atoms with van der Waals surface area (Å²) in [7, 11) is 0. The molecule has 1 saturated heterocycles. The highest BCUT2D eigenvalue weighted by Crippen LogP contribution is 2.34. The maximum atomic E-state index is 11.0. The predicted octanol–water partition coefficient (Wildman–Crippen LogP) is 4.25. The quantitative estimate of drug-likeness (QED) is 0.682. The van der Waals surface area contributed by atoms with Crippen LogP contribution in [0.4, 0.5) is 4.79 Å². The summed E-state index contributed by atoms with van der Waals surface area (Å²) >= 11 is 10.4. The summed E-state index contributed by atoms with van der Waals surface area (Å²) in [4.78, 5) is 17.0. The number of hydrogen-bond acceptors (Lipinski definition) is 2. The van der Waals surface area contributed by atoms with Gasteiger partial charge in [0.25, 0.3) is 0 Å². The summed E-state index contributed by atoms with van der Waals surface area (Å²) in [5, 5.41) is 9.07. The topological polar surface area (TPSA) is 58.4 Å². The van der Waals surface area contributed by atoms with Gasteiger partial charge in [-0.2, -0.15) is 0 Å². The zero-order chi connectivity index (χ0) is 14.4. The van der Waals surface area contributed by atoms with Gasteiger partial charge in [0.1, 0.15) is 0 Å². The smallest absolute Gasteiger partial charge is 0.407 e. The SMILES string of the molecule is O=C(O)N1CC[C@H](n2c(Br)nc3cc(Br)c(Br)cc32)C1. The number of rotatable bonds is 1. The van der Waals surface area contributed by atoms with Crippen molar-refractivity contribution >= 4 is 64.9 Å². The Kier molecular flexibility index (Phi) is 3.81. The Morgan fingerprint density at radius 2 is 2.00 bits per heavy atom. The molecule has 1 atom stereocenters. The van der Waals surface area contributed by atoms with E-state index in [9.17, 15) is 4.79 Å². The molecule has 1 fully saturated rings. The number of fused-ring (bicyclic) bond motifs is 1. The van der Waals surface area contributed by atoms with E-state index in [4.69, 9.17) is 5.11 Å². The first kappa shape index (κ1) is 14.3. The number of amides is 1. The van der Waals surface area contributed by atoms with Gasteiger partial charge in [-0.15, -0.1) is 0 Å². The van der Waals surface area contributed by atoms with Crippen molar-refractivity contribution in [1.29, 1.82) is 0 Å². The minimum atomic E-state index is -0.864. The zero-order valence-corrected chi connectivity index (χ0v) is 14.9. The Hall–Kier alpha value is -0.600. The number of nitrogens with zero attached hydrogens (tertiary/aromatic N) is 3. The van der Waals surface area contributed by atoms with E-state index < -0.39 is 6.09 Å². The molecule has 2 aromatic rings. The monoisotopic (exact) mass is 465 g/mol. The summed E-state index contributed by atoms with van der Waals surface area (Å²) in [6.07, 6.45) is -0.0682. The van der Waals surface area contributed by atoms with Gasteiger partial charge < -0.3 is 14.6 Å². The van der Waals surface area contributed by atoms with Gasteiger partial charge in [0.2, 0.25) is 0 Å². The number of carboxylic acid groups (broad SMARTS) is 1. The van der Waals surface area contributed by atoms with Crippen molar-refractivity contribution < 1.29 is 9.90 Å². The van der Waals surface area contributed by atoms with E-state index in [-0.39, 0.29) is 6.04 Å². The van der Waals surface area contributed by atoms with E-state index in [1.165, 1.54) is 4.90 Å². The van der Waals surface area contributed by atoms with Gasteiger partial charge in [0, 0.05) is 22.0 Å². The molecule has 2 heterocycles. The second-order valence-electron chi connectivity index (χ2n) is 4.68. The van der Waals surface area contributed by atoms with Crippen molar-refractivity contribution in [3.63, 3.8) is 0 Å². The van der Waals surface area contributed by atoms with Gasteiger partial charge in [-0.25, -0.2) is 9.78 Å². The third-order valence-corrected chi connectivity index (χ3v) is 5.89. The van der Waals surface area contributed by atoms with Crippen molar-refractivity contribution in [3.8, 4) is 0 Å². The molecular weight excluding hydrogens is 458 g/mol. The molecule has 8 heteroatoms. The molecule has 0 saturated carbocycles. The predicted molar refractivity (Wildman–Crippen MR) is 86.1 cm³/mol. The van der Waals surface area contributed by atoms with Crippen LogP contribution < -0.4 is 0 Å². The molecule has 0 aliphatic carbocycles.